The van der Waals surface area contributed by atoms with Crippen LogP contribution in [0.2, 0.25) is 0 Å². The minimum absolute atomic E-state index is 0.162. The van der Waals surface area contributed by atoms with E-state index in [2.05, 4.69) is 240 Å². The smallest absolute Gasteiger partial charge is 0.157 e. The minimum Gasteiger partial charge on any atom is -0.339 e. The van der Waals surface area contributed by atoms with Crippen molar-refractivity contribution in [2.24, 2.45) is 9.98 Å². The maximum Gasteiger partial charge on any atom is 0.157 e. The van der Waals surface area contributed by atoms with Gasteiger partial charge >= 0.3 is 0 Å². The van der Waals surface area contributed by atoms with E-state index in [1.165, 1.54) is 85.2 Å². The van der Waals surface area contributed by atoms with Crippen LogP contribution in [0.1, 0.15) is 107 Å². The van der Waals surface area contributed by atoms with E-state index in [0.29, 0.717) is 12.4 Å². The predicted octanol–water partition coefficient (Wildman–Crippen LogP) is 15.0. The molecule has 0 saturated heterocycles. The highest BCUT2D eigenvalue weighted by Gasteiger charge is 2.47. The van der Waals surface area contributed by atoms with Crippen molar-refractivity contribution >= 4 is 17.4 Å². The maximum absolute atomic E-state index is 5.54. The summed E-state index contributed by atoms with van der Waals surface area (Å²) in [6.45, 7) is 12.5. The monoisotopic (exact) mass is 881 g/mol. The van der Waals surface area contributed by atoms with Gasteiger partial charge in [-0.3, -0.25) is 4.99 Å². The molecule has 0 radical (unpaired) electrons. The highest BCUT2D eigenvalue weighted by atomic mass is 15.1. The van der Waals surface area contributed by atoms with Crippen LogP contribution in [0.25, 0.3) is 28.0 Å². The van der Waals surface area contributed by atoms with Gasteiger partial charge in [0.05, 0.1) is 12.0 Å². The fourth-order valence-electron chi connectivity index (χ4n) is 11.5. The molecular weight excluding hydrogens is 823 g/mol. The third-order valence-electron chi connectivity index (χ3n) is 15.2. The molecule has 0 spiro atoms. The van der Waals surface area contributed by atoms with E-state index in [9.17, 15) is 0 Å². The summed E-state index contributed by atoms with van der Waals surface area (Å²) < 4.78 is 0. The molecule has 68 heavy (non-hydrogen) atoms. The summed E-state index contributed by atoms with van der Waals surface area (Å²) in [4.78, 5) is 10.7. The van der Waals surface area contributed by atoms with Crippen LogP contribution in [-0.2, 0) is 29.1 Å². The molecular formula is C65H59N3. The standard InChI is InChI=1S/C65H59N3/c1-44-42-57-58(64(4,5)40-39-63(57,2)3)43-54(44)51-27-16-15-20-46(51)35-32-45-33-36-48(37-34-45)61-66-41-38-59(47-21-9-6-10-22-47)67-62(68-61)53-29-19-31-56-60(53)52-28-17-18-30-55(52)65(56,49-23-11-7-12-24-49)50-25-13-8-14-26-50/h6-31,33-34,36-38,42-43H,32,35,39-41H2,1-5H3,(H,66,67,68)/b59-38+. The number of aliphatic imine (C=N–C) groups is 2. The van der Waals surface area contributed by atoms with Crippen molar-refractivity contribution in [2.45, 2.75) is 76.5 Å². The van der Waals surface area contributed by atoms with Crippen LogP contribution in [0.15, 0.2) is 210 Å². The Kier molecular flexibility index (Phi) is 11.0. The minimum atomic E-state index is -0.522. The third kappa shape index (κ3) is 7.55. The molecule has 1 aliphatic heterocycles. The van der Waals surface area contributed by atoms with Gasteiger partial charge in [0.2, 0.25) is 0 Å². The summed E-state index contributed by atoms with van der Waals surface area (Å²) in [6, 6.07) is 71.2. The van der Waals surface area contributed by atoms with Crippen LogP contribution in [0.4, 0.5) is 0 Å². The molecule has 1 heterocycles. The summed E-state index contributed by atoms with van der Waals surface area (Å²) >= 11 is 0. The summed E-state index contributed by atoms with van der Waals surface area (Å²) in [5.41, 5.74) is 21.1. The molecule has 3 nitrogen and oxygen atoms in total. The molecule has 0 bridgehead atoms. The lowest BCUT2D eigenvalue weighted by Crippen LogP contribution is -2.34. The number of amidine groups is 2. The van der Waals surface area contributed by atoms with Crippen molar-refractivity contribution < 1.29 is 0 Å². The van der Waals surface area contributed by atoms with Gasteiger partial charge < -0.3 is 5.32 Å². The largest absolute Gasteiger partial charge is 0.339 e. The predicted molar refractivity (Wildman–Crippen MR) is 285 cm³/mol. The second-order valence-corrected chi connectivity index (χ2v) is 20.3. The van der Waals surface area contributed by atoms with Crippen molar-refractivity contribution in [1.29, 1.82) is 0 Å². The average molecular weight is 882 g/mol. The lowest BCUT2D eigenvalue weighted by Gasteiger charge is -2.42. The molecule has 334 valence electrons. The van der Waals surface area contributed by atoms with Gasteiger partial charge in [-0.05, 0) is 127 Å². The average Bonchev–Trinajstić information content (AvgIpc) is 3.67. The molecule has 8 aromatic carbocycles. The van der Waals surface area contributed by atoms with Crippen LogP contribution in [0, 0.1) is 6.92 Å². The summed E-state index contributed by atoms with van der Waals surface area (Å²) in [6.07, 6.45) is 6.51. The maximum atomic E-state index is 5.54. The van der Waals surface area contributed by atoms with Crippen molar-refractivity contribution in [2.75, 3.05) is 6.54 Å². The Morgan fingerprint density at radius 2 is 1.06 bits per heavy atom. The summed E-state index contributed by atoms with van der Waals surface area (Å²) in [7, 11) is 0. The third-order valence-corrected chi connectivity index (χ3v) is 15.2. The zero-order chi connectivity index (χ0) is 46.5. The highest BCUT2D eigenvalue weighted by Crippen LogP contribution is 2.57. The van der Waals surface area contributed by atoms with Crippen molar-refractivity contribution in [3.05, 3.63) is 267 Å². The number of hydrogen-bond donors (Lipinski definition) is 1. The van der Waals surface area contributed by atoms with E-state index in [1.807, 2.05) is 0 Å². The van der Waals surface area contributed by atoms with Gasteiger partial charge in [0.1, 0.15) is 5.84 Å². The van der Waals surface area contributed by atoms with Gasteiger partial charge in [0.15, 0.2) is 5.84 Å². The number of hydrogen-bond acceptors (Lipinski definition) is 3. The number of aryl methyl sites for hydroxylation is 3. The van der Waals surface area contributed by atoms with E-state index < -0.39 is 5.41 Å². The Hall–Kier alpha value is -7.36. The van der Waals surface area contributed by atoms with Gasteiger partial charge in [0.25, 0.3) is 0 Å². The first-order chi connectivity index (χ1) is 33.1. The number of rotatable bonds is 9. The normalized spacial score (nSPS) is 17.2. The molecule has 0 amide bonds. The van der Waals surface area contributed by atoms with E-state index in [-0.39, 0.29) is 10.8 Å². The first-order valence-electron chi connectivity index (χ1n) is 24.5. The fourth-order valence-corrected chi connectivity index (χ4v) is 11.5. The van der Waals surface area contributed by atoms with Crippen LogP contribution < -0.4 is 5.32 Å². The van der Waals surface area contributed by atoms with Gasteiger partial charge in [0, 0.05) is 16.8 Å². The SMILES string of the molecule is Cc1cc2c(cc1-c1ccccc1CCc1ccc(C3=NC/C=C(\c4ccccc4)NC(c4cccc5c4-c4ccccc4C5(c4ccccc4)c4ccccc4)=N3)cc1)C(C)(C)CCC2(C)C. The molecule has 3 aliphatic rings. The Balaban J connectivity index is 0.961. The molecule has 0 fully saturated rings. The number of nitrogens with one attached hydrogen (secondary N) is 1. The van der Waals surface area contributed by atoms with Gasteiger partial charge in [-0.2, -0.15) is 0 Å². The molecule has 0 saturated carbocycles. The van der Waals surface area contributed by atoms with Gasteiger partial charge in [-0.25, -0.2) is 4.99 Å². The number of benzene rings is 8. The van der Waals surface area contributed by atoms with E-state index in [4.69, 9.17) is 9.98 Å². The highest BCUT2D eigenvalue weighted by molar-refractivity contribution is 6.17. The second kappa shape index (κ2) is 17.4. The number of nitrogens with zero attached hydrogens (tertiary/aromatic N) is 2. The van der Waals surface area contributed by atoms with Crippen LogP contribution in [-0.4, -0.2) is 18.2 Å². The van der Waals surface area contributed by atoms with Crippen LogP contribution >= 0.6 is 0 Å². The Morgan fingerprint density at radius 1 is 0.485 bits per heavy atom. The fraction of sp³-hybridized carbons (Fsp3) is 0.200. The lowest BCUT2D eigenvalue weighted by molar-refractivity contribution is 0.332. The molecule has 3 heteroatoms. The van der Waals surface area contributed by atoms with Gasteiger partial charge in [-0.15, -0.1) is 0 Å². The van der Waals surface area contributed by atoms with Crippen LogP contribution in [0.3, 0.4) is 0 Å². The first kappa shape index (κ1) is 43.2. The van der Waals surface area contributed by atoms with E-state index in [0.717, 1.165) is 41.1 Å². The summed E-state index contributed by atoms with van der Waals surface area (Å²) in [5.74, 6) is 1.48. The van der Waals surface area contributed by atoms with E-state index in [1.54, 1.807) is 0 Å². The van der Waals surface area contributed by atoms with E-state index >= 15 is 0 Å². The Morgan fingerprint density at radius 3 is 1.75 bits per heavy atom. The Bertz CT molecular complexity index is 3220. The second-order valence-electron chi connectivity index (χ2n) is 20.3. The molecule has 0 unspecified atom stereocenters. The molecule has 8 aromatic rings. The van der Waals surface area contributed by atoms with Crippen molar-refractivity contribution in [1.82, 2.24) is 5.32 Å². The molecule has 0 atom stereocenters. The summed E-state index contributed by atoms with van der Waals surface area (Å²) in [5, 5.41) is 3.88. The Labute approximate surface area is 403 Å². The molecule has 0 aromatic heterocycles. The quantitative estimate of drug-likeness (QED) is 0.154. The van der Waals surface area contributed by atoms with Crippen molar-refractivity contribution in [3.8, 4) is 22.3 Å². The molecule has 1 N–H and O–H groups in total. The number of fused-ring (bicyclic) bond motifs is 4. The molecule has 2 aliphatic carbocycles. The molecule has 11 rings (SSSR count). The van der Waals surface area contributed by atoms with Crippen LogP contribution in [0.5, 0.6) is 0 Å². The van der Waals surface area contributed by atoms with Gasteiger partial charge in [-0.1, -0.05) is 222 Å². The lowest BCUT2D eigenvalue weighted by atomic mass is 9.62. The topological polar surface area (TPSA) is 36.8 Å². The first-order valence-corrected chi connectivity index (χ1v) is 24.5. The zero-order valence-corrected chi connectivity index (χ0v) is 40.0. The van der Waals surface area contributed by atoms with Crippen molar-refractivity contribution in [3.63, 3.8) is 0 Å². The zero-order valence-electron chi connectivity index (χ0n) is 40.0.